The predicted octanol–water partition coefficient (Wildman–Crippen LogP) is 3.21. The van der Waals surface area contributed by atoms with Crippen LogP contribution in [0.1, 0.15) is 48.5 Å². The summed E-state index contributed by atoms with van der Waals surface area (Å²) in [5.74, 6) is 0.250. The van der Waals surface area contributed by atoms with Crippen LogP contribution in [0.4, 0.5) is 5.69 Å². The van der Waals surface area contributed by atoms with E-state index < -0.39 is 4.92 Å². The molecule has 0 heterocycles. The van der Waals surface area contributed by atoms with Gasteiger partial charge in [-0.05, 0) is 31.7 Å². The minimum Gasteiger partial charge on any atom is -0.349 e. The second-order valence-corrected chi connectivity index (χ2v) is 5.60. The Bertz CT molecular complexity index is 528. The van der Waals surface area contributed by atoms with E-state index in [0.29, 0.717) is 17.0 Å². The summed E-state index contributed by atoms with van der Waals surface area (Å²) < 4.78 is 0. The number of rotatable bonds is 3. The highest BCUT2D eigenvalue weighted by Gasteiger charge is 2.24. The number of carbonyl (C=O) groups excluding carboxylic acids is 1. The predicted molar refractivity (Wildman–Crippen MR) is 76.7 cm³/mol. The Labute approximate surface area is 118 Å². The third kappa shape index (κ3) is 3.15. The molecule has 0 saturated heterocycles. The molecule has 5 nitrogen and oxygen atoms in total. The van der Waals surface area contributed by atoms with Crippen LogP contribution in [0, 0.1) is 23.0 Å². The van der Waals surface area contributed by atoms with Crippen LogP contribution in [-0.4, -0.2) is 16.9 Å². The van der Waals surface area contributed by atoms with Gasteiger partial charge in [-0.3, -0.25) is 14.9 Å². The lowest BCUT2D eigenvalue weighted by molar-refractivity contribution is -0.385. The van der Waals surface area contributed by atoms with Gasteiger partial charge < -0.3 is 5.32 Å². The summed E-state index contributed by atoms with van der Waals surface area (Å²) in [5.41, 5.74) is 0.923. The van der Waals surface area contributed by atoms with Crippen LogP contribution in [0.25, 0.3) is 0 Å². The van der Waals surface area contributed by atoms with Gasteiger partial charge in [0.15, 0.2) is 0 Å². The summed E-state index contributed by atoms with van der Waals surface area (Å²) >= 11 is 0. The number of nitrogens with zero attached hydrogens (tertiary/aromatic N) is 1. The lowest BCUT2D eigenvalue weighted by atomic mass is 9.86. The molecule has 1 amide bonds. The average molecular weight is 276 g/mol. The summed E-state index contributed by atoms with van der Waals surface area (Å²) in [6.45, 7) is 3.81. The molecule has 0 radical (unpaired) electrons. The van der Waals surface area contributed by atoms with E-state index in [1.165, 1.54) is 12.5 Å². The maximum absolute atomic E-state index is 12.2. The van der Waals surface area contributed by atoms with E-state index in [1.807, 2.05) is 0 Å². The molecule has 2 atom stereocenters. The van der Waals surface area contributed by atoms with Crippen LogP contribution < -0.4 is 5.32 Å². The summed E-state index contributed by atoms with van der Waals surface area (Å²) in [6.07, 6.45) is 4.45. The molecule has 1 aliphatic carbocycles. The Balaban J connectivity index is 2.13. The maximum Gasteiger partial charge on any atom is 0.273 e. The zero-order valence-corrected chi connectivity index (χ0v) is 11.9. The fourth-order valence-corrected chi connectivity index (χ4v) is 2.73. The number of carbonyl (C=O) groups is 1. The molecule has 2 rings (SSSR count). The van der Waals surface area contributed by atoms with Gasteiger partial charge in [-0.2, -0.15) is 0 Å². The van der Waals surface area contributed by atoms with Gasteiger partial charge in [-0.1, -0.05) is 25.8 Å². The molecule has 0 aliphatic heterocycles. The van der Waals surface area contributed by atoms with Crippen LogP contribution in [0.15, 0.2) is 18.2 Å². The molecule has 1 saturated carbocycles. The molecule has 0 unspecified atom stereocenters. The largest absolute Gasteiger partial charge is 0.349 e. The van der Waals surface area contributed by atoms with E-state index in [-0.39, 0.29) is 17.6 Å². The molecule has 20 heavy (non-hydrogen) atoms. The molecule has 1 N–H and O–H groups in total. The smallest absolute Gasteiger partial charge is 0.273 e. The first-order valence-corrected chi connectivity index (χ1v) is 7.05. The molecular formula is C15H20N2O3. The Morgan fingerprint density at radius 1 is 1.35 bits per heavy atom. The highest BCUT2D eigenvalue weighted by molar-refractivity contribution is 5.95. The Morgan fingerprint density at radius 2 is 2.05 bits per heavy atom. The molecule has 0 spiro atoms. The molecule has 5 heteroatoms. The minimum absolute atomic E-state index is 0.00524. The van der Waals surface area contributed by atoms with E-state index in [1.54, 1.807) is 19.1 Å². The number of nitro benzene ring substituents is 1. The van der Waals surface area contributed by atoms with Crippen molar-refractivity contribution in [2.24, 2.45) is 5.92 Å². The van der Waals surface area contributed by atoms with Gasteiger partial charge in [0.05, 0.1) is 4.92 Å². The van der Waals surface area contributed by atoms with Crippen LogP contribution in [0.5, 0.6) is 0 Å². The fourth-order valence-electron chi connectivity index (χ4n) is 2.73. The lowest BCUT2D eigenvalue weighted by Crippen LogP contribution is -2.41. The van der Waals surface area contributed by atoms with Crippen molar-refractivity contribution in [2.75, 3.05) is 0 Å². The monoisotopic (exact) mass is 276 g/mol. The Kier molecular flexibility index (Phi) is 4.37. The number of benzene rings is 1. The van der Waals surface area contributed by atoms with Crippen molar-refractivity contribution in [1.82, 2.24) is 5.32 Å². The maximum atomic E-state index is 12.2. The van der Waals surface area contributed by atoms with Gasteiger partial charge in [0.25, 0.3) is 11.6 Å². The highest BCUT2D eigenvalue weighted by atomic mass is 16.6. The van der Waals surface area contributed by atoms with Crippen molar-refractivity contribution in [1.29, 1.82) is 0 Å². The van der Waals surface area contributed by atoms with E-state index >= 15 is 0 Å². The van der Waals surface area contributed by atoms with Crippen molar-refractivity contribution in [2.45, 2.75) is 45.6 Å². The average Bonchev–Trinajstić information content (AvgIpc) is 2.41. The molecule has 0 aromatic heterocycles. The number of hydrogen-bond acceptors (Lipinski definition) is 3. The Morgan fingerprint density at radius 3 is 2.70 bits per heavy atom. The first kappa shape index (κ1) is 14.5. The zero-order chi connectivity index (χ0) is 14.7. The van der Waals surface area contributed by atoms with E-state index in [9.17, 15) is 14.9 Å². The number of hydrogen-bond donors (Lipinski definition) is 1. The third-order valence-electron chi connectivity index (χ3n) is 4.10. The van der Waals surface area contributed by atoms with Crippen molar-refractivity contribution >= 4 is 11.6 Å². The highest BCUT2D eigenvalue weighted by Crippen LogP contribution is 2.24. The van der Waals surface area contributed by atoms with Crippen LogP contribution in [0.2, 0.25) is 0 Å². The Hall–Kier alpha value is -1.91. The van der Waals surface area contributed by atoms with Gasteiger partial charge in [0, 0.05) is 23.2 Å². The zero-order valence-electron chi connectivity index (χ0n) is 11.9. The van der Waals surface area contributed by atoms with E-state index in [0.717, 1.165) is 19.3 Å². The summed E-state index contributed by atoms with van der Waals surface area (Å²) in [7, 11) is 0. The fraction of sp³-hybridized carbons (Fsp3) is 0.533. The van der Waals surface area contributed by atoms with E-state index in [2.05, 4.69) is 12.2 Å². The number of nitrogens with one attached hydrogen (secondary N) is 1. The SMILES string of the molecule is Cc1ccc(C(=O)N[C@@H]2CCCC[C@H]2C)cc1[N+](=O)[O-]. The van der Waals surface area contributed by atoms with Gasteiger partial charge in [0.2, 0.25) is 0 Å². The standard InChI is InChI=1S/C15H20N2O3/c1-10-5-3-4-6-13(10)16-15(18)12-8-7-11(2)14(9-12)17(19)20/h7-10,13H,3-6H2,1-2H3,(H,16,18)/t10-,13-/m1/s1. The quantitative estimate of drug-likeness (QED) is 0.680. The lowest BCUT2D eigenvalue weighted by Gasteiger charge is -2.29. The second-order valence-electron chi connectivity index (χ2n) is 5.60. The first-order chi connectivity index (χ1) is 9.49. The van der Waals surface area contributed by atoms with Crippen molar-refractivity contribution in [3.63, 3.8) is 0 Å². The van der Waals surface area contributed by atoms with Gasteiger partial charge in [-0.25, -0.2) is 0 Å². The summed E-state index contributed by atoms with van der Waals surface area (Å²) in [5, 5.41) is 13.9. The second kappa shape index (κ2) is 6.03. The summed E-state index contributed by atoms with van der Waals surface area (Å²) in [4.78, 5) is 22.7. The number of amides is 1. The molecule has 1 aliphatic rings. The number of nitro groups is 1. The molecular weight excluding hydrogens is 256 g/mol. The van der Waals surface area contributed by atoms with Gasteiger partial charge in [-0.15, -0.1) is 0 Å². The van der Waals surface area contributed by atoms with Crippen LogP contribution in [-0.2, 0) is 0 Å². The van der Waals surface area contributed by atoms with Gasteiger partial charge >= 0.3 is 0 Å². The third-order valence-corrected chi connectivity index (χ3v) is 4.10. The molecule has 0 bridgehead atoms. The van der Waals surface area contributed by atoms with E-state index in [4.69, 9.17) is 0 Å². The normalized spacial score (nSPS) is 22.3. The molecule has 1 aromatic rings. The van der Waals surface area contributed by atoms with Crippen LogP contribution >= 0.6 is 0 Å². The summed E-state index contributed by atoms with van der Waals surface area (Å²) in [6, 6.07) is 4.80. The molecule has 1 fully saturated rings. The van der Waals surface area contributed by atoms with Gasteiger partial charge in [0.1, 0.15) is 0 Å². The van der Waals surface area contributed by atoms with Crippen molar-refractivity contribution in [3.8, 4) is 0 Å². The van der Waals surface area contributed by atoms with Crippen molar-refractivity contribution in [3.05, 3.63) is 39.4 Å². The minimum atomic E-state index is -0.449. The van der Waals surface area contributed by atoms with Crippen molar-refractivity contribution < 1.29 is 9.72 Å². The number of aryl methyl sites for hydroxylation is 1. The molecule has 108 valence electrons. The first-order valence-electron chi connectivity index (χ1n) is 7.05. The topological polar surface area (TPSA) is 72.2 Å². The van der Waals surface area contributed by atoms with Crippen LogP contribution in [0.3, 0.4) is 0 Å². The molecule has 1 aromatic carbocycles.